The van der Waals surface area contributed by atoms with Gasteiger partial charge in [-0.1, -0.05) is 37.3 Å². The molecule has 0 aromatic heterocycles. The molecule has 0 spiro atoms. The van der Waals surface area contributed by atoms with E-state index in [1.54, 1.807) is 37.3 Å². The second-order valence-electron chi connectivity index (χ2n) is 6.19. The van der Waals surface area contributed by atoms with Gasteiger partial charge in [-0.15, -0.1) is 0 Å². The molecular formula is C21H25FN2O3. The van der Waals surface area contributed by atoms with Crippen LogP contribution in [0.5, 0.6) is 5.75 Å². The molecule has 27 heavy (non-hydrogen) atoms. The number of likely N-dealkylation sites (N-methyl/N-ethyl adjacent to an activating group) is 1. The van der Waals surface area contributed by atoms with Gasteiger partial charge in [-0.25, -0.2) is 4.39 Å². The molecule has 0 heterocycles. The third kappa shape index (κ3) is 5.54. The molecule has 0 unspecified atom stereocenters. The Balaban J connectivity index is 2.12. The van der Waals surface area contributed by atoms with Crippen LogP contribution in [0, 0.1) is 5.82 Å². The number of amides is 2. The van der Waals surface area contributed by atoms with Gasteiger partial charge in [0.15, 0.2) is 6.61 Å². The molecule has 0 saturated heterocycles. The second kappa shape index (κ2) is 9.71. The molecule has 144 valence electrons. The first-order valence-corrected chi connectivity index (χ1v) is 8.92. The topological polar surface area (TPSA) is 58.6 Å². The van der Waals surface area contributed by atoms with Gasteiger partial charge < -0.3 is 15.0 Å². The minimum atomic E-state index is -0.756. The smallest absolute Gasteiger partial charge is 0.261 e. The van der Waals surface area contributed by atoms with Crippen LogP contribution in [-0.4, -0.2) is 36.4 Å². The van der Waals surface area contributed by atoms with Crippen LogP contribution in [0.25, 0.3) is 0 Å². The molecule has 1 N–H and O–H groups in total. The molecule has 5 nitrogen and oxygen atoms in total. The molecule has 0 aliphatic heterocycles. The summed E-state index contributed by atoms with van der Waals surface area (Å²) in [5.74, 6) is -0.574. The fourth-order valence-corrected chi connectivity index (χ4v) is 2.65. The summed E-state index contributed by atoms with van der Waals surface area (Å²) >= 11 is 0. The van der Waals surface area contributed by atoms with Crippen molar-refractivity contribution in [3.05, 3.63) is 65.5 Å². The van der Waals surface area contributed by atoms with Crippen LogP contribution >= 0.6 is 0 Å². The fourth-order valence-electron chi connectivity index (χ4n) is 2.65. The number of rotatable bonds is 8. The Hall–Kier alpha value is -2.89. The van der Waals surface area contributed by atoms with E-state index in [0.29, 0.717) is 11.3 Å². The number of nitrogens with one attached hydrogen (secondary N) is 1. The number of carbonyl (C=O) groups excluding carboxylic acids is 2. The van der Waals surface area contributed by atoms with E-state index in [1.165, 1.54) is 23.6 Å². The van der Waals surface area contributed by atoms with E-state index in [4.69, 9.17) is 4.74 Å². The van der Waals surface area contributed by atoms with Gasteiger partial charge in [0.25, 0.3) is 5.91 Å². The molecule has 0 radical (unpaired) electrons. The van der Waals surface area contributed by atoms with E-state index in [1.807, 2.05) is 12.1 Å². The maximum Gasteiger partial charge on any atom is 0.261 e. The van der Waals surface area contributed by atoms with Gasteiger partial charge in [-0.2, -0.15) is 0 Å². The number of hydrogen-bond acceptors (Lipinski definition) is 3. The SMILES string of the molecule is CCc1ccc(OCC(=O)N(Cc2ccccc2F)[C@H](C)C(=O)NC)cc1. The number of hydrogen-bond donors (Lipinski definition) is 1. The van der Waals surface area contributed by atoms with Crippen molar-refractivity contribution in [1.82, 2.24) is 10.2 Å². The summed E-state index contributed by atoms with van der Waals surface area (Å²) in [6.45, 7) is 3.41. The fraction of sp³-hybridized carbons (Fsp3) is 0.333. The first-order valence-electron chi connectivity index (χ1n) is 8.92. The Morgan fingerprint density at radius 1 is 1.15 bits per heavy atom. The lowest BCUT2D eigenvalue weighted by Gasteiger charge is -2.28. The van der Waals surface area contributed by atoms with E-state index < -0.39 is 17.8 Å². The van der Waals surface area contributed by atoms with Crippen LogP contribution in [0.1, 0.15) is 25.0 Å². The average molecular weight is 372 g/mol. The third-order valence-electron chi connectivity index (χ3n) is 4.41. The van der Waals surface area contributed by atoms with Crippen molar-refractivity contribution < 1.29 is 18.7 Å². The first kappa shape index (κ1) is 20.4. The van der Waals surface area contributed by atoms with E-state index in [9.17, 15) is 14.0 Å². The van der Waals surface area contributed by atoms with Gasteiger partial charge in [0, 0.05) is 19.2 Å². The van der Waals surface area contributed by atoms with Crippen molar-refractivity contribution >= 4 is 11.8 Å². The summed E-state index contributed by atoms with van der Waals surface area (Å²) in [5, 5.41) is 2.52. The molecule has 1 atom stereocenters. The summed E-state index contributed by atoms with van der Waals surface area (Å²) in [4.78, 5) is 26.1. The van der Waals surface area contributed by atoms with E-state index in [-0.39, 0.29) is 19.1 Å². The second-order valence-corrected chi connectivity index (χ2v) is 6.19. The lowest BCUT2D eigenvalue weighted by Crippen LogP contribution is -2.48. The zero-order valence-electron chi connectivity index (χ0n) is 15.9. The summed E-state index contributed by atoms with van der Waals surface area (Å²) in [6.07, 6.45) is 0.916. The molecule has 2 aromatic carbocycles. The number of nitrogens with zero attached hydrogens (tertiary/aromatic N) is 1. The number of aryl methyl sites for hydroxylation is 1. The zero-order valence-corrected chi connectivity index (χ0v) is 15.9. The molecule has 0 saturated carbocycles. The van der Waals surface area contributed by atoms with Crippen molar-refractivity contribution in [2.75, 3.05) is 13.7 Å². The minimum Gasteiger partial charge on any atom is -0.484 e. The van der Waals surface area contributed by atoms with Crippen LogP contribution in [0.3, 0.4) is 0 Å². The van der Waals surface area contributed by atoms with Crippen molar-refractivity contribution in [1.29, 1.82) is 0 Å². The van der Waals surface area contributed by atoms with E-state index in [2.05, 4.69) is 12.2 Å². The molecule has 2 rings (SSSR count). The van der Waals surface area contributed by atoms with Crippen molar-refractivity contribution in [3.63, 3.8) is 0 Å². The van der Waals surface area contributed by atoms with E-state index in [0.717, 1.165) is 6.42 Å². The molecule has 6 heteroatoms. The molecule has 0 aliphatic rings. The number of ether oxygens (including phenoxy) is 1. The largest absolute Gasteiger partial charge is 0.484 e. The van der Waals surface area contributed by atoms with Crippen molar-refractivity contribution in [3.8, 4) is 5.75 Å². The Morgan fingerprint density at radius 3 is 2.41 bits per heavy atom. The molecule has 0 bridgehead atoms. The monoisotopic (exact) mass is 372 g/mol. The average Bonchev–Trinajstić information content (AvgIpc) is 2.70. The summed E-state index contributed by atoms with van der Waals surface area (Å²) in [6, 6.07) is 12.9. The standard InChI is InChI=1S/C21H25FN2O3/c1-4-16-9-11-18(12-10-16)27-14-20(25)24(15(2)21(26)23-3)13-17-7-5-6-8-19(17)22/h5-12,15H,4,13-14H2,1-3H3,(H,23,26)/t15-/m1/s1. The Morgan fingerprint density at radius 2 is 1.81 bits per heavy atom. The highest BCUT2D eigenvalue weighted by atomic mass is 19.1. The molecule has 2 amide bonds. The van der Waals surface area contributed by atoms with Crippen molar-refractivity contribution in [2.45, 2.75) is 32.9 Å². The zero-order chi connectivity index (χ0) is 19.8. The molecule has 0 fully saturated rings. The van der Waals surface area contributed by atoms with Gasteiger partial charge in [0.05, 0.1) is 0 Å². The van der Waals surface area contributed by atoms with Gasteiger partial charge in [0.1, 0.15) is 17.6 Å². The Bertz CT molecular complexity index is 777. The highest BCUT2D eigenvalue weighted by molar-refractivity contribution is 5.87. The predicted octanol–water partition coefficient (Wildman–Crippen LogP) is 2.93. The minimum absolute atomic E-state index is 0.0156. The molecular weight excluding hydrogens is 347 g/mol. The van der Waals surface area contributed by atoms with Crippen LogP contribution in [0.4, 0.5) is 4.39 Å². The lowest BCUT2D eigenvalue weighted by molar-refractivity contribution is -0.142. The van der Waals surface area contributed by atoms with Gasteiger partial charge in [-0.3, -0.25) is 9.59 Å². The highest BCUT2D eigenvalue weighted by Crippen LogP contribution is 2.15. The number of halogens is 1. The summed E-state index contributed by atoms with van der Waals surface area (Å²) < 4.78 is 19.6. The number of carbonyl (C=O) groups is 2. The van der Waals surface area contributed by atoms with Crippen LogP contribution in [0.2, 0.25) is 0 Å². The summed E-state index contributed by atoms with van der Waals surface area (Å²) in [7, 11) is 1.50. The summed E-state index contributed by atoms with van der Waals surface area (Å²) in [5.41, 5.74) is 1.51. The van der Waals surface area contributed by atoms with Crippen LogP contribution < -0.4 is 10.1 Å². The highest BCUT2D eigenvalue weighted by Gasteiger charge is 2.26. The maximum atomic E-state index is 14.0. The lowest BCUT2D eigenvalue weighted by atomic mass is 10.1. The first-order chi connectivity index (χ1) is 13.0. The Kier molecular flexibility index (Phi) is 7.34. The Labute approximate surface area is 159 Å². The van der Waals surface area contributed by atoms with Crippen LogP contribution in [0.15, 0.2) is 48.5 Å². The normalized spacial score (nSPS) is 11.6. The predicted molar refractivity (Wildman–Crippen MR) is 102 cm³/mol. The van der Waals surface area contributed by atoms with Gasteiger partial charge in [-0.05, 0) is 37.1 Å². The van der Waals surface area contributed by atoms with Gasteiger partial charge in [0.2, 0.25) is 5.91 Å². The quantitative estimate of drug-likeness (QED) is 0.775. The number of benzene rings is 2. The molecule has 0 aliphatic carbocycles. The van der Waals surface area contributed by atoms with Crippen molar-refractivity contribution in [2.24, 2.45) is 0 Å². The van der Waals surface area contributed by atoms with Crippen LogP contribution in [-0.2, 0) is 22.6 Å². The maximum absolute atomic E-state index is 14.0. The van der Waals surface area contributed by atoms with E-state index >= 15 is 0 Å². The third-order valence-corrected chi connectivity index (χ3v) is 4.41. The van der Waals surface area contributed by atoms with Gasteiger partial charge >= 0.3 is 0 Å². The molecule has 2 aromatic rings.